The zero-order valence-corrected chi connectivity index (χ0v) is 9.03. The lowest BCUT2D eigenvalue weighted by atomic mass is 9.90. The predicted molar refractivity (Wildman–Crippen MR) is 63.0 cm³/mol. The Hall–Kier alpha value is -1.28. The minimum atomic E-state index is 0.302. The largest absolute Gasteiger partial charge is 0.347 e. The SMILES string of the molecule is CCn1cc2c3c(cccc31)CC(N)C2. The van der Waals surface area contributed by atoms with E-state index in [-0.39, 0.29) is 0 Å². The minimum Gasteiger partial charge on any atom is -0.347 e. The van der Waals surface area contributed by atoms with Gasteiger partial charge >= 0.3 is 0 Å². The van der Waals surface area contributed by atoms with Gasteiger partial charge in [-0.15, -0.1) is 0 Å². The number of nitrogens with two attached hydrogens (primary N) is 1. The number of rotatable bonds is 1. The molecule has 0 aliphatic heterocycles. The highest BCUT2D eigenvalue weighted by Crippen LogP contribution is 2.30. The molecule has 1 heterocycles. The highest BCUT2D eigenvalue weighted by Gasteiger charge is 2.20. The summed E-state index contributed by atoms with van der Waals surface area (Å²) in [6.07, 6.45) is 4.33. The molecule has 0 saturated carbocycles. The molecule has 2 heteroatoms. The molecule has 1 aliphatic carbocycles. The summed E-state index contributed by atoms with van der Waals surface area (Å²) in [7, 11) is 0. The Morgan fingerprint density at radius 2 is 2.13 bits per heavy atom. The van der Waals surface area contributed by atoms with Gasteiger partial charge in [0, 0.05) is 29.7 Å². The standard InChI is InChI=1S/C13H16N2/c1-2-15-8-10-7-11(14)6-9-4-3-5-12(15)13(9)10/h3-5,8,11H,2,6-7,14H2,1H3. The molecular formula is C13H16N2. The van der Waals surface area contributed by atoms with Crippen LogP contribution in [0.4, 0.5) is 0 Å². The zero-order chi connectivity index (χ0) is 10.4. The van der Waals surface area contributed by atoms with Crippen molar-refractivity contribution in [2.75, 3.05) is 0 Å². The van der Waals surface area contributed by atoms with E-state index < -0.39 is 0 Å². The second-order valence-corrected chi connectivity index (χ2v) is 4.42. The third kappa shape index (κ3) is 1.21. The van der Waals surface area contributed by atoms with Crippen LogP contribution in [0.5, 0.6) is 0 Å². The van der Waals surface area contributed by atoms with E-state index in [4.69, 9.17) is 5.73 Å². The number of aryl methyl sites for hydroxylation is 1. The summed E-state index contributed by atoms with van der Waals surface area (Å²) < 4.78 is 2.33. The summed E-state index contributed by atoms with van der Waals surface area (Å²) in [5.41, 5.74) is 10.3. The van der Waals surface area contributed by atoms with Crippen molar-refractivity contribution >= 4 is 10.9 Å². The molecule has 1 aromatic heterocycles. The van der Waals surface area contributed by atoms with Gasteiger partial charge < -0.3 is 10.3 Å². The Morgan fingerprint density at radius 3 is 2.93 bits per heavy atom. The summed E-state index contributed by atoms with van der Waals surface area (Å²) in [5.74, 6) is 0. The summed E-state index contributed by atoms with van der Waals surface area (Å²) in [5, 5.41) is 1.46. The van der Waals surface area contributed by atoms with Crippen molar-refractivity contribution in [2.24, 2.45) is 5.73 Å². The Morgan fingerprint density at radius 1 is 1.33 bits per heavy atom. The minimum absolute atomic E-state index is 0.302. The van der Waals surface area contributed by atoms with Gasteiger partial charge in [0.25, 0.3) is 0 Å². The van der Waals surface area contributed by atoms with Crippen LogP contribution in [0.1, 0.15) is 18.1 Å². The van der Waals surface area contributed by atoms with Gasteiger partial charge in [-0.05, 0) is 37.0 Å². The molecule has 78 valence electrons. The molecule has 0 fully saturated rings. The van der Waals surface area contributed by atoms with Gasteiger partial charge in [-0.2, -0.15) is 0 Å². The summed E-state index contributed by atoms with van der Waals surface area (Å²) >= 11 is 0. The number of hydrogen-bond donors (Lipinski definition) is 1. The fourth-order valence-electron chi connectivity index (χ4n) is 2.74. The monoisotopic (exact) mass is 200 g/mol. The van der Waals surface area contributed by atoms with Crippen LogP contribution in [-0.2, 0) is 19.4 Å². The molecule has 0 bridgehead atoms. The Labute approximate surface area is 89.7 Å². The lowest BCUT2D eigenvalue weighted by Gasteiger charge is -2.18. The molecule has 0 amide bonds. The molecule has 1 atom stereocenters. The number of nitrogens with zero attached hydrogens (tertiary/aromatic N) is 1. The van der Waals surface area contributed by atoms with Crippen molar-refractivity contribution in [3.05, 3.63) is 35.5 Å². The van der Waals surface area contributed by atoms with Crippen molar-refractivity contribution in [2.45, 2.75) is 32.4 Å². The summed E-state index contributed by atoms with van der Waals surface area (Å²) in [4.78, 5) is 0. The molecular weight excluding hydrogens is 184 g/mol. The number of hydrogen-bond acceptors (Lipinski definition) is 1. The Bertz CT molecular complexity index is 510. The lowest BCUT2D eigenvalue weighted by Crippen LogP contribution is -2.28. The maximum atomic E-state index is 6.07. The van der Waals surface area contributed by atoms with Crippen molar-refractivity contribution in [3.63, 3.8) is 0 Å². The van der Waals surface area contributed by atoms with E-state index in [9.17, 15) is 0 Å². The lowest BCUT2D eigenvalue weighted by molar-refractivity contribution is 0.655. The maximum absolute atomic E-state index is 6.07. The molecule has 0 spiro atoms. The second kappa shape index (κ2) is 3.11. The van der Waals surface area contributed by atoms with Gasteiger partial charge in [-0.25, -0.2) is 0 Å². The van der Waals surface area contributed by atoms with Crippen molar-refractivity contribution < 1.29 is 0 Å². The molecule has 15 heavy (non-hydrogen) atoms. The molecule has 1 aliphatic rings. The fraction of sp³-hybridized carbons (Fsp3) is 0.385. The van der Waals surface area contributed by atoms with Crippen molar-refractivity contribution in [1.29, 1.82) is 0 Å². The van der Waals surface area contributed by atoms with E-state index in [0.29, 0.717) is 6.04 Å². The van der Waals surface area contributed by atoms with E-state index in [0.717, 1.165) is 19.4 Å². The maximum Gasteiger partial charge on any atom is 0.0485 e. The van der Waals surface area contributed by atoms with Gasteiger partial charge in [-0.1, -0.05) is 12.1 Å². The first-order valence-electron chi connectivity index (χ1n) is 5.64. The Balaban J connectivity index is 2.35. The molecule has 1 aromatic carbocycles. The highest BCUT2D eigenvalue weighted by atomic mass is 14.9. The number of benzene rings is 1. The van der Waals surface area contributed by atoms with Crippen LogP contribution in [-0.4, -0.2) is 10.6 Å². The third-order valence-electron chi connectivity index (χ3n) is 3.38. The van der Waals surface area contributed by atoms with Crippen LogP contribution in [0.3, 0.4) is 0 Å². The van der Waals surface area contributed by atoms with Crippen LogP contribution in [0.15, 0.2) is 24.4 Å². The molecule has 2 nitrogen and oxygen atoms in total. The molecule has 0 saturated heterocycles. The van der Waals surface area contributed by atoms with Crippen LogP contribution >= 0.6 is 0 Å². The second-order valence-electron chi connectivity index (χ2n) is 4.42. The first-order valence-corrected chi connectivity index (χ1v) is 5.64. The molecule has 2 N–H and O–H groups in total. The summed E-state index contributed by atoms with van der Waals surface area (Å²) in [6, 6.07) is 6.87. The van der Waals surface area contributed by atoms with Gasteiger partial charge in [0.1, 0.15) is 0 Å². The van der Waals surface area contributed by atoms with Crippen LogP contribution in [0.2, 0.25) is 0 Å². The van der Waals surface area contributed by atoms with E-state index >= 15 is 0 Å². The third-order valence-corrected chi connectivity index (χ3v) is 3.38. The van der Waals surface area contributed by atoms with Crippen LogP contribution in [0, 0.1) is 0 Å². The van der Waals surface area contributed by atoms with Crippen molar-refractivity contribution in [3.8, 4) is 0 Å². The van der Waals surface area contributed by atoms with Gasteiger partial charge in [0.05, 0.1) is 0 Å². The average Bonchev–Trinajstić information content (AvgIpc) is 2.58. The zero-order valence-electron chi connectivity index (χ0n) is 9.03. The first kappa shape index (κ1) is 8.98. The van der Waals surface area contributed by atoms with E-state index in [1.165, 1.54) is 22.0 Å². The van der Waals surface area contributed by atoms with E-state index in [2.05, 4.69) is 35.9 Å². The molecule has 1 unspecified atom stereocenters. The fourth-order valence-corrected chi connectivity index (χ4v) is 2.74. The van der Waals surface area contributed by atoms with Crippen LogP contribution in [0.25, 0.3) is 10.9 Å². The normalized spacial score (nSPS) is 19.7. The molecule has 2 aromatic rings. The number of aromatic nitrogens is 1. The van der Waals surface area contributed by atoms with E-state index in [1.54, 1.807) is 0 Å². The molecule has 3 rings (SSSR count). The van der Waals surface area contributed by atoms with Crippen LogP contribution < -0.4 is 5.73 Å². The first-order chi connectivity index (χ1) is 7.29. The van der Waals surface area contributed by atoms with Crippen molar-refractivity contribution in [1.82, 2.24) is 4.57 Å². The van der Waals surface area contributed by atoms with E-state index in [1.807, 2.05) is 0 Å². The smallest absolute Gasteiger partial charge is 0.0485 e. The molecule has 0 radical (unpaired) electrons. The van der Waals surface area contributed by atoms with Gasteiger partial charge in [0.15, 0.2) is 0 Å². The quantitative estimate of drug-likeness (QED) is 0.750. The summed E-state index contributed by atoms with van der Waals surface area (Å²) in [6.45, 7) is 3.23. The topological polar surface area (TPSA) is 30.9 Å². The highest BCUT2D eigenvalue weighted by molar-refractivity contribution is 5.88. The average molecular weight is 200 g/mol. The van der Waals surface area contributed by atoms with Gasteiger partial charge in [-0.3, -0.25) is 0 Å². The Kier molecular flexibility index (Phi) is 1.86. The van der Waals surface area contributed by atoms with Gasteiger partial charge in [0.2, 0.25) is 0 Å². The predicted octanol–water partition coefficient (Wildman–Crippen LogP) is 2.09.